The summed E-state index contributed by atoms with van der Waals surface area (Å²) >= 11 is 0. The molecule has 25 heavy (non-hydrogen) atoms. The van der Waals surface area contributed by atoms with Crippen molar-refractivity contribution in [3.05, 3.63) is 18.2 Å². The molecule has 3 aliphatic heterocycles. The summed E-state index contributed by atoms with van der Waals surface area (Å²) in [6, 6.07) is 4.19. The van der Waals surface area contributed by atoms with Crippen molar-refractivity contribution >= 4 is 11.7 Å². The van der Waals surface area contributed by atoms with Gasteiger partial charge in [0, 0.05) is 36.7 Å². The zero-order chi connectivity index (χ0) is 17.6. The number of nitrogens with one attached hydrogen (secondary N) is 1. The van der Waals surface area contributed by atoms with Gasteiger partial charge in [-0.15, -0.1) is 0 Å². The van der Waals surface area contributed by atoms with Crippen molar-refractivity contribution < 1.29 is 27.8 Å². The third-order valence-corrected chi connectivity index (χ3v) is 5.37. The Labute approximate surface area is 144 Å². The van der Waals surface area contributed by atoms with Gasteiger partial charge in [0.1, 0.15) is 0 Å². The normalized spacial score (nSPS) is 29.8. The first kappa shape index (κ1) is 16.4. The van der Waals surface area contributed by atoms with Gasteiger partial charge in [0.2, 0.25) is 0 Å². The Morgan fingerprint density at radius 3 is 2.52 bits per heavy atom. The molecule has 4 rings (SSSR count). The van der Waals surface area contributed by atoms with Gasteiger partial charge in [0.25, 0.3) is 0 Å². The molecule has 3 saturated heterocycles. The first-order valence-electron chi connectivity index (χ1n) is 8.39. The lowest BCUT2D eigenvalue weighted by Gasteiger charge is -2.20. The SMILES string of the molecule is COc1ccc(NC(=O)N2C[C@@H]3[C@H](C2)[C@H]2CC[C@H]3O2)cc1OC(F)F. The predicted molar refractivity (Wildman–Crippen MR) is 85.1 cm³/mol. The third-order valence-electron chi connectivity index (χ3n) is 5.37. The number of ether oxygens (including phenoxy) is 3. The van der Waals surface area contributed by atoms with Crippen molar-refractivity contribution in [2.45, 2.75) is 31.7 Å². The number of carbonyl (C=O) groups is 1. The topological polar surface area (TPSA) is 60.0 Å². The van der Waals surface area contributed by atoms with Gasteiger partial charge >= 0.3 is 12.6 Å². The molecule has 2 bridgehead atoms. The second-order valence-electron chi connectivity index (χ2n) is 6.70. The molecule has 1 N–H and O–H groups in total. The van der Waals surface area contributed by atoms with Crippen LogP contribution < -0.4 is 14.8 Å². The van der Waals surface area contributed by atoms with E-state index in [4.69, 9.17) is 9.47 Å². The van der Waals surface area contributed by atoms with E-state index in [1.807, 2.05) is 0 Å². The number of halogens is 2. The minimum atomic E-state index is -2.96. The fourth-order valence-electron chi connectivity index (χ4n) is 4.27. The van der Waals surface area contributed by atoms with Crippen molar-refractivity contribution in [1.29, 1.82) is 0 Å². The number of carbonyl (C=O) groups excluding carboxylic acids is 1. The quantitative estimate of drug-likeness (QED) is 0.903. The van der Waals surface area contributed by atoms with Gasteiger partial charge in [-0.1, -0.05) is 0 Å². The number of urea groups is 1. The minimum absolute atomic E-state index is 0.111. The molecule has 1 aromatic carbocycles. The Morgan fingerprint density at radius 2 is 1.92 bits per heavy atom. The highest BCUT2D eigenvalue weighted by Gasteiger charge is 2.53. The Morgan fingerprint density at radius 1 is 1.24 bits per heavy atom. The number of hydrogen-bond acceptors (Lipinski definition) is 4. The van der Waals surface area contributed by atoms with Crippen LogP contribution in [0, 0.1) is 11.8 Å². The first-order chi connectivity index (χ1) is 12.0. The predicted octanol–water partition coefficient (Wildman–Crippen LogP) is 2.94. The van der Waals surface area contributed by atoms with E-state index < -0.39 is 6.61 Å². The average molecular weight is 354 g/mol. The number of amides is 2. The largest absolute Gasteiger partial charge is 0.493 e. The Balaban J connectivity index is 1.43. The molecule has 0 spiro atoms. The van der Waals surface area contributed by atoms with Gasteiger partial charge in [-0.2, -0.15) is 8.78 Å². The summed E-state index contributed by atoms with van der Waals surface area (Å²) in [5, 5.41) is 2.75. The molecule has 8 heteroatoms. The molecule has 0 unspecified atom stereocenters. The second kappa shape index (κ2) is 6.33. The number of alkyl halides is 2. The van der Waals surface area contributed by atoms with E-state index in [0.29, 0.717) is 30.6 Å². The van der Waals surface area contributed by atoms with Gasteiger partial charge in [-0.25, -0.2) is 4.79 Å². The molecule has 0 radical (unpaired) electrons. The zero-order valence-corrected chi connectivity index (χ0v) is 13.8. The van der Waals surface area contributed by atoms with Gasteiger partial charge in [-0.3, -0.25) is 0 Å². The lowest BCUT2D eigenvalue weighted by atomic mass is 9.82. The van der Waals surface area contributed by atoms with Crippen LogP contribution in [0.15, 0.2) is 18.2 Å². The molecule has 0 saturated carbocycles. The van der Waals surface area contributed by atoms with E-state index in [2.05, 4.69) is 10.1 Å². The molecule has 3 aliphatic rings. The van der Waals surface area contributed by atoms with E-state index in [0.717, 1.165) is 12.8 Å². The van der Waals surface area contributed by atoms with Gasteiger partial charge in [-0.05, 0) is 25.0 Å². The third kappa shape index (κ3) is 2.99. The van der Waals surface area contributed by atoms with Crippen molar-refractivity contribution in [3.8, 4) is 11.5 Å². The Hall–Kier alpha value is -2.09. The highest BCUT2D eigenvalue weighted by atomic mass is 19.3. The van der Waals surface area contributed by atoms with Crippen LogP contribution in [-0.4, -0.2) is 49.9 Å². The molecule has 4 atom stereocenters. The second-order valence-corrected chi connectivity index (χ2v) is 6.70. The van der Waals surface area contributed by atoms with Crippen LogP contribution in [0.5, 0.6) is 11.5 Å². The Kier molecular flexibility index (Phi) is 4.15. The molecule has 1 aromatic rings. The standard InChI is InChI=1S/C17H20F2N2O4/c1-23-14-3-2-9(6-15(14)25-16(18)19)20-17(22)21-7-10-11(8-21)13-5-4-12(10)24-13/h2-3,6,10-13,16H,4-5,7-8H2,1H3,(H,20,22)/t10-,11+,12-,13-/m1/s1. The maximum absolute atomic E-state index is 12.5. The Bertz CT molecular complexity index is 654. The summed E-state index contributed by atoms with van der Waals surface area (Å²) in [6.45, 7) is -1.61. The monoisotopic (exact) mass is 354 g/mol. The number of likely N-dealkylation sites (tertiary alicyclic amines) is 1. The van der Waals surface area contributed by atoms with E-state index >= 15 is 0 Å². The van der Waals surface area contributed by atoms with Crippen LogP contribution in [-0.2, 0) is 4.74 Å². The molecule has 0 aliphatic carbocycles. The molecular formula is C17H20F2N2O4. The molecule has 136 valence electrons. The first-order valence-corrected chi connectivity index (χ1v) is 8.39. The lowest BCUT2D eigenvalue weighted by Crippen LogP contribution is -2.35. The summed E-state index contributed by atoms with van der Waals surface area (Å²) in [4.78, 5) is 14.3. The van der Waals surface area contributed by atoms with E-state index in [9.17, 15) is 13.6 Å². The molecular weight excluding hydrogens is 334 g/mol. The highest BCUT2D eigenvalue weighted by Crippen LogP contribution is 2.47. The highest BCUT2D eigenvalue weighted by molar-refractivity contribution is 5.90. The summed E-state index contributed by atoms with van der Waals surface area (Å²) < 4.78 is 40.3. The lowest BCUT2D eigenvalue weighted by molar-refractivity contribution is -0.0511. The summed E-state index contributed by atoms with van der Waals surface area (Å²) in [5.74, 6) is 0.902. The number of fused-ring (bicyclic) bond motifs is 5. The smallest absolute Gasteiger partial charge is 0.387 e. The number of benzene rings is 1. The van der Waals surface area contributed by atoms with Crippen molar-refractivity contribution in [1.82, 2.24) is 4.90 Å². The van der Waals surface area contributed by atoms with Crippen LogP contribution in [0.2, 0.25) is 0 Å². The molecule has 2 amide bonds. The number of methoxy groups -OCH3 is 1. The van der Waals surface area contributed by atoms with E-state index in [-0.39, 0.29) is 29.7 Å². The summed E-state index contributed by atoms with van der Waals surface area (Å²) in [7, 11) is 1.37. The van der Waals surface area contributed by atoms with Crippen molar-refractivity contribution in [2.75, 3.05) is 25.5 Å². The van der Waals surface area contributed by atoms with Gasteiger partial charge in [0.15, 0.2) is 11.5 Å². The molecule has 6 nitrogen and oxygen atoms in total. The number of hydrogen-bond donors (Lipinski definition) is 1. The van der Waals surface area contributed by atoms with Crippen LogP contribution in [0.25, 0.3) is 0 Å². The number of nitrogens with zero attached hydrogens (tertiary/aromatic N) is 1. The van der Waals surface area contributed by atoms with Crippen LogP contribution >= 0.6 is 0 Å². The maximum atomic E-state index is 12.5. The van der Waals surface area contributed by atoms with Crippen LogP contribution in [0.3, 0.4) is 0 Å². The molecule has 3 fully saturated rings. The van der Waals surface area contributed by atoms with Crippen LogP contribution in [0.4, 0.5) is 19.3 Å². The van der Waals surface area contributed by atoms with Gasteiger partial charge in [0.05, 0.1) is 19.3 Å². The van der Waals surface area contributed by atoms with Gasteiger partial charge < -0.3 is 24.4 Å². The average Bonchev–Trinajstić information content (AvgIpc) is 3.27. The molecule has 0 aromatic heterocycles. The maximum Gasteiger partial charge on any atom is 0.387 e. The zero-order valence-electron chi connectivity index (χ0n) is 13.8. The van der Waals surface area contributed by atoms with Crippen molar-refractivity contribution in [2.24, 2.45) is 11.8 Å². The number of rotatable bonds is 4. The number of anilines is 1. The fraction of sp³-hybridized carbons (Fsp3) is 0.588. The summed E-state index contributed by atoms with van der Waals surface area (Å²) in [5.41, 5.74) is 0.387. The van der Waals surface area contributed by atoms with E-state index in [1.165, 1.54) is 19.2 Å². The minimum Gasteiger partial charge on any atom is -0.493 e. The van der Waals surface area contributed by atoms with E-state index in [1.54, 1.807) is 11.0 Å². The van der Waals surface area contributed by atoms with Crippen molar-refractivity contribution in [3.63, 3.8) is 0 Å². The summed E-state index contributed by atoms with van der Waals surface area (Å²) in [6.07, 6.45) is 2.71. The van der Waals surface area contributed by atoms with Crippen LogP contribution in [0.1, 0.15) is 12.8 Å². The fourth-order valence-corrected chi connectivity index (χ4v) is 4.27. The molecule has 3 heterocycles.